The smallest absolute Gasteiger partial charge is 0.173 e. The van der Waals surface area contributed by atoms with Crippen molar-refractivity contribution in [2.45, 2.75) is 98.6 Å². The van der Waals surface area contributed by atoms with Gasteiger partial charge >= 0.3 is 0 Å². The van der Waals surface area contributed by atoms with Gasteiger partial charge in [0.1, 0.15) is 5.75 Å². The predicted molar refractivity (Wildman–Crippen MR) is 141 cm³/mol. The summed E-state index contributed by atoms with van der Waals surface area (Å²) >= 11 is 0. The van der Waals surface area contributed by atoms with Gasteiger partial charge in [-0.05, 0) is 138 Å². The standard InChI is InChI=1S/C27H44O2Si2/c1-20-16-25(17-21(2)24(20)5)12-10-14-30(6,7)29-31(8,9)15-11-13-26-18-22(3)27(28)23(4)19-26/h16-19,28H,10-15H2,1-9H3. The summed E-state index contributed by atoms with van der Waals surface area (Å²) < 4.78 is 6.87. The third-order valence-corrected chi connectivity index (χ3v) is 14.1. The van der Waals surface area contributed by atoms with Crippen LogP contribution < -0.4 is 0 Å². The van der Waals surface area contributed by atoms with E-state index >= 15 is 0 Å². The third-order valence-electron chi connectivity index (χ3n) is 6.58. The first-order chi connectivity index (χ1) is 14.3. The molecular formula is C27H44O2Si2. The lowest BCUT2D eigenvalue weighted by molar-refractivity contribution is 0.466. The molecule has 0 fully saturated rings. The fourth-order valence-electron chi connectivity index (χ4n) is 4.75. The average molecular weight is 457 g/mol. The molecule has 0 aliphatic heterocycles. The van der Waals surface area contributed by atoms with E-state index in [1.54, 1.807) is 0 Å². The van der Waals surface area contributed by atoms with Crippen molar-refractivity contribution in [2.75, 3.05) is 0 Å². The van der Waals surface area contributed by atoms with Crippen LogP contribution in [0.4, 0.5) is 0 Å². The van der Waals surface area contributed by atoms with Gasteiger partial charge in [0.15, 0.2) is 16.6 Å². The molecule has 31 heavy (non-hydrogen) atoms. The van der Waals surface area contributed by atoms with E-state index in [0.29, 0.717) is 5.75 Å². The molecule has 172 valence electrons. The maximum Gasteiger partial charge on any atom is 0.173 e. The quantitative estimate of drug-likeness (QED) is 0.368. The molecule has 0 spiro atoms. The first kappa shape index (κ1) is 25.9. The summed E-state index contributed by atoms with van der Waals surface area (Å²) in [6.45, 7) is 20.2. The van der Waals surface area contributed by atoms with Crippen molar-refractivity contribution < 1.29 is 9.22 Å². The largest absolute Gasteiger partial charge is 0.507 e. The average Bonchev–Trinajstić information content (AvgIpc) is 2.62. The molecule has 0 aliphatic rings. The number of phenolic OH excluding ortho intramolecular Hbond substituents is 1. The monoisotopic (exact) mass is 456 g/mol. The Morgan fingerprint density at radius 2 is 1.00 bits per heavy atom. The Kier molecular flexibility index (Phi) is 8.77. The number of aromatic hydroxyl groups is 1. The van der Waals surface area contributed by atoms with E-state index in [1.165, 1.54) is 46.3 Å². The maximum absolute atomic E-state index is 9.99. The highest BCUT2D eigenvalue weighted by molar-refractivity contribution is 6.84. The van der Waals surface area contributed by atoms with Crippen molar-refractivity contribution >= 4 is 16.6 Å². The first-order valence-corrected chi connectivity index (χ1v) is 18.1. The van der Waals surface area contributed by atoms with Gasteiger partial charge < -0.3 is 9.22 Å². The van der Waals surface area contributed by atoms with Crippen LogP contribution in [0.15, 0.2) is 24.3 Å². The fourth-order valence-corrected chi connectivity index (χ4v) is 13.6. The molecule has 0 atom stereocenters. The third kappa shape index (κ3) is 7.92. The second-order valence-electron chi connectivity index (χ2n) is 10.8. The number of hydrogen-bond acceptors (Lipinski definition) is 2. The highest BCUT2D eigenvalue weighted by Crippen LogP contribution is 2.27. The van der Waals surface area contributed by atoms with Crippen LogP contribution in [-0.4, -0.2) is 21.7 Å². The Labute approximate surface area is 193 Å². The highest BCUT2D eigenvalue weighted by atomic mass is 28.4. The Morgan fingerprint density at radius 3 is 1.39 bits per heavy atom. The molecule has 0 heterocycles. The summed E-state index contributed by atoms with van der Waals surface area (Å²) in [6, 6.07) is 11.4. The van der Waals surface area contributed by atoms with E-state index in [4.69, 9.17) is 4.12 Å². The molecule has 0 saturated carbocycles. The van der Waals surface area contributed by atoms with Crippen molar-refractivity contribution in [3.8, 4) is 5.75 Å². The Balaban J connectivity index is 1.83. The molecule has 2 nitrogen and oxygen atoms in total. The van der Waals surface area contributed by atoms with Crippen LogP contribution in [0.1, 0.15) is 51.8 Å². The van der Waals surface area contributed by atoms with Crippen LogP contribution in [0, 0.1) is 34.6 Å². The highest BCUT2D eigenvalue weighted by Gasteiger charge is 2.32. The fraction of sp³-hybridized carbons (Fsp3) is 0.556. The van der Waals surface area contributed by atoms with E-state index in [9.17, 15) is 5.11 Å². The van der Waals surface area contributed by atoms with Crippen LogP contribution in [-0.2, 0) is 17.0 Å². The van der Waals surface area contributed by atoms with Crippen molar-refractivity contribution in [3.63, 3.8) is 0 Å². The van der Waals surface area contributed by atoms with E-state index in [-0.39, 0.29) is 0 Å². The van der Waals surface area contributed by atoms with Crippen LogP contribution in [0.3, 0.4) is 0 Å². The summed E-state index contributed by atoms with van der Waals surface area (Å²) in [5.74, 6) is 0.436. The molecule has 0 aromatic heterocycles. The van der Waals surface area contributed by atoms with Gasteiger partial charge in [-0.2, -0.15) is 0 Å². The van der Waals surface area contributed by atoms with E-state index in [2.05, 4.69) is 71.2 Å². The Bertz CT molecular complexity index is 781. The van der Waals surface area contributed by atoms with E-state index in [1.807, 2.05) is 13.8 Å². The lowest BCUT2D eigenvalue weighted by Gasteiger charge is -2.34. The van der Waals surface area contributed by atoms with Gasteiger partial charge in [0, 0.05) is 0 Å². The molecule has 0 amide bonds. The molecule has 2 rings (SSSR count). The Hall–Kier alpha value is -1.37. The van der Waals surface area contributed by atoms with Crippen molar-refractivity contribution in [1.29, 1.82) is 0 Å². The number of hydrogen-bond donors (Lipinski definition) is 1. The Morgan fingerprint density at radius 1 is 0.645 bits per heavy atom. The van der Waals surface area contributed by atoms with Crippen molar-refractivity contribution in [1.82, 2.24) is 0 Å². The second kappa shape index (κ2) is 10.5. The maximum atomic E-state index is 9.99. The minimum Gasteiger partial charge on any atom is -0.507 e. The van der Waals surface area contributed by atoms with Gasteiger partial charge in [0.05, 0.1) is 0 Å². The summed E-state index contributed by atoms with van der Waals surface area (Å²) in [5, 5.41) is 9.99. The zero-order chi connectivity index (χ0) is 23.4. The summed E-state index contributed by atoms with van der Waals surface area (Å²) in [7, 11) is -3.33. The minimum atomic E-state index is -1.67. The zero-order valence-corrected chi connectivity index (χ0v) is 23.4. The molecule has 4 heteroatoms. The summed E-state index contributed by atoms with van der Waals surface area (Å²) in [5.41, 5.74) is 9.02. The van der Waals surface area contributed by atoms with Gasteiger partial charge in [-0.25, -0.2) is 0 Å². The lowest BCUT2D eigenvalue weighted by atomic mass is 9.98. The van der Waals surface area contributed by atoms with Crippen molar-refractivity contribution in [2.24, 2.45) is 0 Å². The molecule has 0 bridgehead atoms. The summed E-state index contributed by atoms with van der Waals surface area (Å²) in [4.78, 5) is 0. The topological polar surface area (TPSA) is 29.5 Å². The number of phenols is 1. The van der Waals surface area contributed by atoms with Crippen LogP contribution in [0.2, 0.25) is 38.3 Å². The van der Waals surface area contributed by atoms with Gasteiger partial charge in [0.25, 0.3) is 0 Å². The number of benzene rings is 2. The van der Waals surface area contributed by atoms with Crippen LogP contribution in [0.5, 0.6) is 5.75 Å². The molecule has 0 unspecified atom stereocenters. The van der Waals surface area contributed by atoms with Gasteiger partial charge in [-0.3, -0.25) is 0 Å². The van der Waals surface area contributed by atoms with Crippen LogP contribution >= 0.6 is 0 Å². The predicted octanol–water partition coefficient (Wildman–Crippen LogP) is 7.93. The normalized spacial score (nSPS) is 12.4. The summed E-state index contributed by atoms with van der Waals surface area (Å²) in [6.07, 6.45) is 4.60. The van der Waals surface area contributed by atoms with Gasteiger partial charge in [-0.1, -0.05) is 24.3 Å². The number of rotatable bonds is 10. The van der Waals surface area contributed by atoms with E-state index in [0.717, 1.165) is 30.4 Å². The number of aryl methyl sites for hydroxylation is 6. The lowest BCUT2D eigenvalue weighted by Crippen LogP contribution is -2.44. The van der Waals surface area contributed by atoms with E-state index < -0.39 is 16.6 Å². The van der Waals surface area contributed by atoms with Crippen molar-refractivity contribution in [3.05, 3.63) is 63.2 Å². The molecule has 0 saturated heterocycles. The van der Waals surface area contributed by atoms with Crippen LogP contribution in [0.25, 0.3) is 0 Å². The zero-order valence-electron chi connectivity index (χ0n) is 21.4. The molecule has 2 aromatic rings. The molecule has 0 radical (unpaired) electrons. The molecule has 2 aromatic carbocycles. The van der Waals surface area contributed by atoms with Gasteiger partial charge in [0.2, 0.25) is 0 Å². The SMILES string of the molecule is Cc1cc(CCC[Si](C)(C)O[Si](C)(C)CCCc2cc(C)c(O)c(C)c2)cc(C)c1C. The molecule has 1 N–H and O–H groups in total. The van der Waals surface area contributed by atoms with Gasteiger partial charge in [-0.15, -0.1) is 0 Å². The second-order valence-corrected chi connectivity index (χ2v) is 19.6. The molecule has 0 aliphatic carbocycles. The minimum absolute atomic E-state index is 0.436. The first-order valence-electron chi connectivity index (χ1n) is 11.9. The molecular weight excluding hydrogens is 412 g/mol.